The van der Waals surface area contributed by atoms with E-state index in [0.717, 1.165) is 17.0 Å². The van der Waals surface area contributed by atoms with Crippen LogP contribution in [0.25, 0.3) is 0 Å². The number of ether oxygens (including phenoxy) is 1. The van der Waals surface area contributed by atoms with E-state index in [9.17, 15) is 34.6 Å². The fourth-order valence-corrected chi connectivity index (χ4v) is 2.94. The van der Waals surface area contributed by atoms with E-state index < -0.39 is 39.0 Å². The molecule has 0 N–H and O–H groups in total. The summed E-state index contributed by atoms with van der Waals surface area (Å²) in [6.45, 7) is 0.599. The Morgan fingerprint density at radius 2 is 1.48 bits per heavy atom. The molecule has 11 heteroatoms. The van der Waals surface area contributed by atoms with Crippen molar-refractivity contribution in [3.05, 3.63) is 78.9 Å². The lowest BCUT2D eigenvalue weighted by Crippen LogP contribution is -2.33. The van der Waals surface area contributed by atoms with E-state index in [2.05, 4.69) is 0 Å². The lowest BCUT2D eigenvalue weighted by Gasteiger charge is -2.13. The van der Waals surface area contributed by atoms with Gasteiger partial charge in [0.1, 0.15) is 12.2 Å². The smallest absolute Gasteiger partial charge is 0.338 e. The lowest BCUT2D eigenvalue weighted by molar-refractivity contribution is -0.395. The molecule has 0 spiro atoms. The number of nitro groups is 2. The number of rotatable bonds is 6. The van der Waals surface area contributed by atoms with Crippen LogP contribution in [-0.2, 0) is 4.74 Å². The highest BCUT2D eigenvalue weighted by molar-refractivity contribution is 6.21. The van der Waals surface area contributed by atoms with E-state index >= 15 is 0 Å². The predicted octanol–water partition coefficient (Wildman–Crippen LogP) is 2.26. The van der Waals surface area contributed by atoms with Crippen LogP contribution in [0.15, 0.2) is 36.4 Å². The van der Waals surface area contributed by atoms with Gasteiger partial charge in [0.2, 0.25) is 0 Å². The van der Waals surface area contributed by atoms with E-state index in [1.807, 2.05) is 0 Å². The molecule has 2 amide bonds. The molecule has 0 radical (unpaired) electrons. The fourth-order valence-electron chi connectivity index (χ4n) is 2.94. The van der Waals surface area contributed by atoms with E-state index in [1.165, 1.54) is 19.1 Å². The minimum atomic E-state index is -1.05. The number of amides is 2. The summed E-state index contributed by atoms with van der Waals surface area (Å²) in [7, 11) is 0. The van der Waals surface area contributed by atoms with E-state index in [0.29, 0.717) is 0 Å². The van der Waals surface area contributed by atoms with Crippen LogP contribution >= 0.6 is 0 Å². The first-order valence-corrected chi connectivity index (χ1v) is 8.28. The molecule has 0 atom stereocenters. The molecule has 1 aliphatic heterocycles. The second-order valence-electron chi connectivity index (χ2n) is 6.10. The van der Waals surface area contributed by atoms with Crippen molar-refractivity contribution in [3.63, 3.8) is 0 Å². The molecular formula is C18H13N3O8. The van der Waals surface area contributed by atoms with Crippen LogP contribution in [0.4, 0.5) is 11.4 Å². The molecule has 0 saturated heterocycles. The third-order valence-corrected chi connectivity index (χ3v) is 4.41. The summed E-state index contributed by atoms with van der Waals surface area (Å²) < 4.78 is 4.96. The van der Waals surface area contributed by atoms with Gasteiger partial charge >= 0.3 is 5.97 Å². The Kier molecular flexibility index (Phi) is 5.05. The average molecular weight is 399 g/mol. The molecule has 0 aliphatic carbocycles. The number of fused-ring (bicyclic) bond motifs is 1. The van der Waals surface area contributed by atoms with Crippen molar-refractivity contribution in [2.24, 2.45) is 0 Å². The summed E-state index contributed by atoms with van der Waals surface area (Å²) in [6, 6.07) is 8.01. The number of hydrogen-bond donors (Lipinski definition) is 0. The Balaban J connectivity index is 1.72. The normalized spacial score (nSPS) is 12.7. The van der Waals surface area contributed by atoms with Gasteiger partial charge in [-0.05, 0) is 19.1 Å². The maximum atomic E-state index is 12.2. The third kappa shape index (κ3) is 3.52. The molecule has 2 aromatic carbocycles. The summed E-state index contributed by atoms with van der Waals surface area (Å²) in [4.78, 5) is 58.1. The Bertz CT molecular complexity index is 1010. The van der Waals surface area contributed by atoms with Gasteiger partial charge in [-0.3, -0.25) is 34.7 Å². The van der Waals surface area contributed by atoms with Crippen molar-refractivity contribution >= 4 is 29.2 Å². The molecule has 29 heavy (non-hydrogen) atoms. The van der Waals surface area contributed by atoms with Gasteiger partial charge in [0.15, 0.2) is 0 Å². The maximum absolute atomic E-state index is 12.2. The first-order chi connectivity index (χ1) is 13.7. The molecule has 0 aromatic heterocycles. The lowest BCUT2D eigenvalue weighted by atomic mass is 10.1. The molecule has 1 heterocycles. The Hall–Kier alpha value is -4.15. The zero-order chi connectivity index (χ0) is 21.3. The van der Waals surface area contributed by atoms with Crippen LogP contribution < -0.4 is 0 Å². The number of imide groups is 1. The van der Waals surface area contributed by atoms with Gasteiger partial charge in [-0.2, -0.15) is 0 Å². The van der Waals surface area contributed by atoms with Crippen LogP contribution in [0.2, 0.25) is 0 Å². The van der Waals surface area contributed by atoms with Crippen molar-refractivity contribution in [1.29, 1.82) is 0 Å². The molecule has 0 saturated carbocycles. The standard InChI is InChI=1S/C18H13N3O8/c1-10-14(20(25)26)8-11(9-15(10)21(27)28)18(24)29-7-6-19-16(22)12-4-2-3-5-13(12)17(19)23/h2-5,8-9H,6-7H2,1H3. The molecule has 11 nitrogen and oxygen atoms in total. The summed E-state index contributed by atoms with van der Waals surface area (Å²) in [5, 5.41) is 22.2. The van der Waals surface area contributed by atoms with Gasteiger partial charge in [0.05, 0.1) is 33.1 Å². The monoisotopic (exact) mass is 399 g/mol. The van der Waals surface area contributed by atoms with E-state index in [-0.39, 0.29) is 35.4 Å². The highest BCUT2D eigenvalue weighted by atomic mass is 16.6. The van der Waals surface area contributed by atoms with Gasteiger partial charge < -0.3 is 4.74 Å². The molecule has 3 rings (SSSR count). The van der Waals surface area contributed by atoms with Gasteiger partial charge in [0.25, 0.3) is 23.2 Å². The zero-order valence-electron chi connectivity index (χ0n) is 15.0. The molecule has 0 fully saturated rings. The summed E-state index contributed by atoms with van der Waals surface area (Å²) in [6.07, 6.45) is 0. The largest absolute Gasteiger partial charge is 0.460 e. The molecule has 1 aliphatic rings. The summed E-state index contributed by atoms with van der Waals surface area (Å²) in [5.74, 6) is -2.10. The van der Waals surface area contributed by atoms with Crippen LogP contribution in [0.1, 0.15) is 36.6 Å². The number of benzene rings is 2. The SMILES string of the molecule is Cc1c([N+](=O)[O-])cc(C(=O)OCCN2C(=O)c3ccccc3C2=O)cc1[N+](=O)[O-]. The average Bonchev–Trinajstić information content (AvgIpc) is 2.92. The van der Waals surface area contributed by atoms with Crippen LogP contribution in [0.5, 0.6) is 0 Å². The Morgan fingerprint density at radius 3 is 1.93 bits per heavy atom. The van der Waals surface area contributed by atoms with Gasteiger partial charge in [-0.15, -0.1) is 0 Å². The zero-order valence-corrected chi connectivity index (χ0v) is 15.0. The fraction of sp³-hybridized carbons (Fsp3) is 0.167. The van der Waals surface area contributed by atoms with Crippen molar-refractivity contribution < 1.29 is 29.0 Å². The van der Waals surface area contributed by atoms with Gasteiger partial charge in [0, 0.05) is 12.1 Å². The summed E-state index contributed by atoms with van der Waals surface area (Å²) in [5.41, 5.74) is -1.26. The van der Waals surface area contributed by atoms with Crippen molar-refractivity contribution in [1.82, 2.24) is 4.90 Å². The maximum Gasteiger partial charge on any atom is 0.338 e. The quantitative estimate of drug-likeness (QED) is 0.311. The Labute approximate surface area is 162 Å². The number of nitro benzene ring substituents is 2. The molecular weight excluding hydrogens is 386 g/mol. The van der Waals surface area contributed by atoms with E-state index in [4.69, 9.17) is 4.74 Å². The number of nitrogens with zero attached hydrogens (tertiary/aromatic N) is 3. The van der Waals surface area contributed by atoms with Crippen LogP contribution in [0.3, 0.4) is 0 Å². The Morgan fingerprint density at radius 1 is 1.00 bits per heavy atom. The molecule has 148 valence electrons. The van der Waals surface area contributed by atoms with Crippen molar-refractivity contribution in [2.45, 2.75) is 6.92 Å². The van der Waals surface area contributed by atoms with Crippen molar-refractivity contribution in [3.8, 4) is 0 Å². The van der Waals surface area contributed by atoms with Gasteiger partial charge in [-0.25, -0.2) is 4.79 Å². The third-order valence-electron chi connectivity index (χ3n) is 4.41. The minimum Gasteiger partial charge on any atom is -0.460 e. The predicted molar refractivity (Wildman–Crippen MR) is 96.6 cm³/mol. The molecule has 0 unspecified atom stereocenters. The first kappa shape index (κ1) is 19.6. The molecule has 0 bridgehead atoms. The topological polar surface area (TPSA) is 150 Å². The van der Waals surface area contributed by atoms with Crippen LogP contribution in [0, 0.1) is 27.2 Å². The number of carbonyl (C=O) groups excluding carboxylic acids is 3. The van der Waals surface area contributed by atoms with E-state index in [1.54, 1.807) is 12.1 Å². The van der Waals surface area contributed by atoms with Gasteiger partial charge in [-0.1, -0.05) is 12.1 Å². The van der Waals surface area contributed by atoms with Crippen LogP contribution in [-0.4, -0.2) is 45.7 Å². The number of hydrogen-bond acceptors (Lipinski definition) is 8. The second-order valence-corrected chi connectivity index (χ2v) is 6.10. The number of carbonyl (C=O) groups is 3. The molecule has 2 aromatic rings. The minimum absolute atomic E-state index is 0.192. The van der Waals surface area contributed by atoms with Crippen molar-refractivity contribution in [2.75, 3.05) is 13.2 Å². The second kappa shape index (κ2) is 7.46. The number of esters is 1. The first-order valence-electron chi connectivity index (χ1n) is 8.28. The highest BCUT2D eigenvalue weighted by Gasteiger charge is 2.35. The highest BCUT2D eigenvalue weighted by Crippen LogP contribution is 2.29. The summed E-state index contributed by atoms with van der Waals surface area (Å²) >= 11 is 0.